The van der Waals surface area contributed by atoms with Gasteiger partial charge in [0.25, 0.3) is 0 Å². The fraction of sp³-hybridized carbons (Fsp3) is 0.600. The first kappa shape index (κ1) is 37.2. The second-order valence-electron chi connectivity index (χ2n) is 8.73. The molecule has 0 aromatic heterocycles. The summed E-state index contributed by atoms with van der Waals surface area (Å²) >= 11 is 0. The van der Waals surface area contributed by atoms with Crippen LogP contribution in [0.15, 0.2) is 12.1 Å². The fourth-order valence-electron chi connectivity index (χ4n) is 3.76. The van der Waals surface area contributed by atoms with E-state index in [2.05, 4.69) is 34.9 Å². The molecule has 0 atom stereocenters. The van der Waals surface area contributed by atoms with Gasteiger partial charge in [0.2, 0.25) is 0 Å². The maximum Gasteiger partial charge on any atom is 0.373 e. The van der Waals surface area contributed by atoms with Gasteiger partial charge in [0.05, 0.1) is 13.1 Å². The van der Waals surface area contributed by atoms with Crippen LogP contribution in [0.4, 0.5) is 0 Å². The number of nitrogens with zero attached hydrogens (tertiary/aromatic N) is 4. The van der Waals surface area contributed by atoms with E-state index in [1.807, 2.05) is 30.9 Å². The topological polar surface area (TPSA) is 136 Å². The van der Waals surface area contributed by atoms with Crippen molar-refractivity contribution in [2.24, 2.45) is 0 Å². The number of likely N-dealkylation sites (N-methyl/N-ethyl adjacent to an activating group) is 2. The molecule has 11 nitrogen and oxygen atoms in total. The number of hydrogen-bond acceptors (Lipinski definition) is 10. The van der Waals surface area contributed by atoms with Crippen LogP contribution in [0.2, 0.25) is 0 Å². The molecule has 203 valence electrons. The number of Topliss-reactive ketones (excluding diaryl/α,β-unsaturated/α-hetero) is 1. The van der Waals surface area contributed by atoms with Gasteiger partial charge >= 0.3 is 18.3 Å². The van der Waals surface area contributed by atoms with E-state index in [0.29, 0.717) is 32.6 Å². The Labute approximate surface area is 244 Å². The molecule has 1 saturated heterocycles. The van der Waals surface area contributed by atoms with Gasteiger partial charge in [0, 0.05) is 91.5 Å². The normalized spacial score (nSPS) is 16.0. The number of benzene rings is 1. The molecule has 0 saturated carbocycles. The molecule has 37 heavy (non-hydrogen) atoms. The van der Waals surface area contributed by atoms with Gasteiger partial charge in [-0.2, -0.15) is 48.5 Å². The van der Waals surface area contributed by atoms with E-state index in [9.17, 15) is 14.7 Å². The number of carbonyl (C=O) groups is 2. The smallest absolute Gasteiger partial charge is 0.373 e. The van der Waals surface area contributed by atoms with Crippen molar-refractivity contribution in [1.82, 2.24) is 19.6 Å². The zero-order valence-corrected chi connectivity index (χ0v) is 25.0. The molecule has 1 aromatic rings. The molecule has 1 aliphatic rings. The molecular formula is C25H37N4O7Y-. The number of carbonyl (C=O) groups excluding carboxylic acids is 5. The molecule has 1 radical (unpaired) electrons. The van der Waals surface area contributed by atoms with Crippen molar-refractivity contribution < 1.29 is 66.6 Å². The first-order valence-corrected chi connectivity index (χ1v) is 11.6. The molecule has 0 aliphatic carbocycles. The predicted octanol–water partition coefficient (Wildman–Crippen LogP) is -0.388. The van der Waals surface area contributed by atoms with Crippen molar-refractivity contribution in [2.45, 2.75) is 20.3 Å². The van der Waals surface area contributed by atoms with E-state index in [-0.39, 0.29) is 57.3 Å². The van der Waals surface area contributed by atoms with Gasteiger partial charge in [0.1, 0.15) is 5.78 Å². The fourth-order valence-corrected chi connectivity index (χ4v) is 3.76. The van der Waals surface area contributed by atoms with Crippen molar-refractivity contribution in [2.75, 3.05) is 79.5 Å². The van der Waals surface area contributed by atoms with Crippen LogP contribution in [0.5, 0.6) is 0 Å². The van der Waals surface area contributed by atoms with E-state index >= 15 is 0 Å². The van der Waals surface area contributed by atoms with E-state index in [1.54, 1.807) is 0 Å². The first-order chi connectivity index (χ1) is 17.1. The maximum absolute atomic E-state index is 12.9. The maximum atomic E-state index is 12.9. The third kappa shape index (κ3) is 18.0. The summed E-state index contributed by atoms with van der Waals surface area (Å²) in [5.74, 6) is -0.606. The molecule has 2 rings (SSSR count). The predicted molar refractivity (Wildman–Crippen MR) is 129 cm³/mol. The molecule has 0 amide bonds. The largest absolute Gasteiger partial charge is 0.480 e. The molecule has 1 aromatic carbocycles. The Morgan fingerprint density at radius 3 is 1.54 bits per heavy atom. The van der Waals surface area contributed by atoms with Crippen LogP contribution < -0.4 is 0 Å². The summed E-state index contributed by atoms with van der Waals surface area (Å²) in [4.78, 5) is 65.3. The molecule has 12 heteroatoms. The van der Waals surface area contributed by atoms with Crippen LogP contribution >= 0.6 is 0 Å². The Hall–Kier alpha value is -1.94. The van der Waals surface area contributed by atoms with Crippen LogP contribution in [0.25, 0.3) is 0 Å². The quantitative estimate of drug-likeness (QED) is 0.432. The number of carboxylic acid groups (broad SMARTS) is 1. The Bertz CT molecular complexity index is 856. The summed E-state index contributed by atoms with van der Waals surface area (Å²) in [6.45, 7) is 11.0. The van der Waals surface area contributed by atoms with E-state index in [4.69, 9.17) is 19.2 Å². The molecule has 0 bridgehead atoms. The molecule has 1 heterocycles. The minimum Gasteiger partial charge on any atom is -0.480 e. The number of carboxylic acids is 1. The van der Waals surface area contributed by atoms with Gasteiger partial charge in [-0.1, -0.05) is 13.8 Å². The molecular weight excluding hydrogens is 557 g/mol. The Morgan fingerprint density at radius 2 is 1.14 bits per heavy atom. The van der Waals surface area contributed by atoms with Crippen LogP contribution in [0, 0.1) is 19.9 Å². The summed E-state index contributed by atoms with van der Waals surface area (Å²) in [7, 11) is 4.19. The van der Waals surface area contributed by atoms with E-state index < -0.39 is 5.97 Å². The van der Waals surface area contributed by atoms with Crippen molar-refractivity contribution in [3.8, 4) is 0 Å². The van der Waals surface area contributed by atoms with Crippen molar-refractivity contribution in [3.63, 3.8) is 0 Å². The van der Waals surface area contributed by atoms with Gasteiger partial charge in [-0.05, 0) is 14.1 Å². The third-order valence-electron chi connectivity index (χ3n) is 5.88. The van der Waals surface area contributed by atoms with Gasteiger partial charge < -0.3 is 14.9 Å². The molecule has 1 aliphatic heterocycles. The molecule has 0 unspecified atom stereocenters. The SMILES string of the molecule is Cc1c[c-]cc(C)c1CC(=O)CN1CCN(C)CCN(C)CCN(CC(=O)O)CC1.O=C=O.O=C=O.[Y]. The third-order valence-corrected chi connectivity index (χ3v) is 5.88. The van der Waals surface area contributed by atoms with Crippen LogP contribution in [0.3, 0.4) is 0 Å². The number of hydrogen-bond donors (Lipinski definition) is 1. The monoisotopic (exact) mass is 594 g/mol. The number of ketones is 1. The minimum atomic E-state index is -0.807. The van der Waals surface area contributed by atoms with Gasteiger partial charge in [-0.15, -0.1) is 5.56 Å². The van der Waals surface area contributed by atoms with Gasteiger partial charge in [-0.3, -0.25) is 19.4 Å². The average Bonchev–Trinajstić information content (AvgIpc) is 2.80. The van der Waals surface area contributed by atoms with Crippen LogP contribution in [-0.2, 0) is 67.9 Å². The summed E-state index contributed by atoms with van der Waals surface area (Å²) in [6.07, 6.45) is 0.933. The standard InChI is InChI=1S/C23H37N4O3.2CO2.Y/c1-19-6-5-7-20(2)22(19)16-21(28)17-26-12-10-24(3)8-9-25(4)11-13-27(15-14-26)18-23(29)30;2*2-1-3;/h6-7H,8-18H2,1-4H3,(H,29,30);;;/q-1;;;. The van der Waals surface area contributed by atoms with Crippen LogP contribution in [-0.4, -0.2) is 128 Å². The summed E-state index contributed by atoms with van der Waals surface area (Å²) in [5.41, 5.74) is 3.31. The molecule has 1 N–H and O–H groups in total. The summed E-state index contributed by atoms with van der Waals surface area (Å²) < 4.78 is 0. The minimum absolute atomic E-state index is 0. The Kier molecular flexibility index (Phi) is 22.2. The van der Waals surface area contributed by atoms with E-state index in [1.165, 1.54) is 0 Å². The van der Waals surface area contributed by atoms with Crippen molar-refractivity contribution in [1.29, 1.82) is 0 Å². The first-order valence-electron chi connectivity index (χ1n) is 11.6. The Balaban J connectivity index is 0. The Morgan fingerprint density at radius 1 is 0.784 bits per heavy atom. The van der Waals surface area contributed by atoms with Crippen LogP contribution in [0.1, 0.15) is 16.7 Å². The number of aliphatic carboxylic acids is 1. The van der Waals surface area contributed by atoms with E-state index in [0.717, 1.165) is 49.4 Å². The van der Waals surface area contributed by atoms with Crippen molar-refractivity contribution >= 4 is 24.1 Å². The number of rotatable bonds is 6. The van der Waals surface area contributed by atoms with Crippen molar-refractivity contribution in [3.05, 3.63) is 34.9 Å². The second kappa shape index (κ2) is 22.1. The average molecular weight is 594 g/mol. The number of aryl methyl sites for hydroxylation is 2. The summed E-state index contributed by atoms with van der Waals surface area (Å²) in [5, 5.41) is 9.25. The molecule has 0 spiro atoms. The second-order valence-corrected chi connectivity index (χ2v) is 8.73. The van der Waals surface area contributed by atoms with Gasteiger partial charge in [0.15, 0.2) is 0 Å². The zero-order valence-electron chi connectivity index (χ0n) is 22.2. The summed E-state index contributed by atoms with van der Waals surface area (Å²) in [6, 6.07) is 6.97. The zero-order chi connectivity index (χ0) is 27.5. The molecule has 1 fully saturated rings. The van der Waals surface area contributed by atoms with Gasteiger partial charge in [-0.25, -0.2) is 0 Å².